The third-order valence-electron chi connectivity index (χ3n) is 3.52. The Hall–Kier alpha value is -3.17. The quantitative estimate of drug-likeness (QED) is 0.773. The van der Waals surface area contributed by atoms with Crippen molar-refractivity contribution in [3.05, 3.63) is 82.3 Å². The topological polar surface area (TPSA) is 70.7 Å². The molecule has 1 heterocycles. The molecule has 0 spiro atoms. The van der Waals surface area contributed by atoms with E-state index in [9.17, 15) is 9.18 Å². The van der Waals surface area contributed by atoms with Crippen LogP contribution < -0.4 is 5.32 Å². The minimum Gasteiger partial charge on any atom is -0.304 e. The number of halogens is 2. The van der Waals surface area contributed by atoms with Crippen LogP contribution in [0.4, 0.5) is 10.2 Å². The molecule has 0 fully saturated rings. The number of nitrogens with one attached hydrogen (secondary N) is 1. The van der Waals surface area contributed by atoms with E-state index in [0.29, 0.717) is 16.7 Å². The largest absolute Gasteiger partial charge is 0.304 e. The zero-order valence-corrected chi connectivity index (χ0v) is 13.7. The van der Waals surface area contributed by atoms with Gasteiger partial charge in [-0.3, -0.25) is 9.48 Å². The lowest BCUT2D eigenvalue weighted by Crippen LogP contribution is -2.13. The zero-order chi connectivity index (χ0) is 17.8. The molecule has 0 aliphatic rings. The fraction of sp³-hybridized carbons (Fsp3) is 0.0556. The highest BCUT2D eigenvalue weighted by atomic mass is 35.5. The highest BCUT2D eigenvalue weighted by Gasteiger charge is 2.13. The number of aromatic nitrogens is 2. The Morgan fingerprint density at radius 1 is 1.24 bits per heavy atom. The molecule has 124 valence electrons. The maximum absolute atomic E-state index is 13.7. The summed E-state index contributed by atoms with van der Waals surface area (Å²) in [4.78, 5) is 12.2. The van der Waals surface area contributed by atoms with Crippen LogP contribution in [0, 0.1) is 17.1 Å². The normalized spacial score (nSPS) is 10.3. The Balaban J connectivity index is 1.75. The molecule has 1 aromatic heterocycles. The molecule has 7 heteroatoms. The van der Waals surface area contributed by atoms with Crippen molar-refractivity contribution in [3.63, 3.8) is 0 Å². The van der Waals surface area contributed by atoms with Crippen molar-refractivity contribution in [2.75, 3.05) is 5.32 Å². The number of carbonyl (C=O) groups excluding carboxylic acids is 1. The van der Waals surface area contributed by atoms with E-state index in [2.05, 4.69) is 10.4 Å². The lowest BCUT2D eigenvalue weighted by Gasteiger charge is -2.04. The first-order chi connectivity index (χ1) is 12.1. The van der Waals surface area contributed by atoms with Crippen LogP contribution in [-0.4, -0.2) is 15.7 Å². The van der Waals surface area contributed by atoms with Gasteiger partial charge in [-0.2, -0.15) is 10.4 Å². The molecule has 0 aliphatic carbocycles. The Morgan fingerprint density at radius 2 is 1.96 bits per heavy atom. The van der Waals surface area contributed by atoms with Crippen molar-refractivity contribution in [2.45, 2.75) is 6.54 Å². The van der Waals surface area contributed by atoms with Crippen LogP contribution in [0.15, 0.2) is 54.7 Å². The molecule has 0 saturated heterocycles. The number of hydrogen-bond donors (Lipinski definition) is 1. The number of amides is 1. The first-order valence-electron chi connectivity index (χ1n) is 7.34. The lowest BCUT2D eigenvalue weighted by atomic mass is 10.1. The Kier molecular flexibility index (Phi) is 4.78. The summed E-state index contributed by atoms with van der Waals surface area (Å²) in [6.07, 6.45) is 1.52. The number of carbonyl (C=O) groups is 1. The summed E-state index contributed by atoms with van der Waals surface area (Å²) in [7, 11) is 0. The number of nitrogens with zero attached hydrogens (tertiary/aromatic N) is 3. The van der Waals surface area contributed by atoms with E-state index in [-0.39, 0.29) is 23.2 Å². The minimum absolute atomic E-state index is 0.187. The molecular formula is C18H12ClFN4O. The van der Waals surface area contributed by atoms with Gasteiger partial charge in [0.25, 0.3) is 5.91 Å². The van der Waals surface area contributed by atoms with Crippen LogP contribution >= 0.6 is 11.6 Å². The van der Waals surface area contributed by atoms with Crippen LogP contribution in [0.5, 0.6) is 0 Å². The monoisotopic (exact) mass is 354 g/mol. The second kappa shape index (κ2) is 7.16. The van der Waals surface area contributed by atoms with Gasteiger partial charge in [0.1, 0.15) is 10.8 Å². The zero-order valence-electron chi connectivity index (χ0n) is 12.9. The summed E-state index contributed by atoms with van der Waals surface area (Å²) in [5.41, 5.74) is 1.30. The summed E-state index contributed by atoms with van der Waals surface area (Å²) in [5.74, 6) is -0.549. The fourth-order valence-electron chi connectivity index (χ4n) is 2.24. The van der Waals surface area contributed by atoms with Crippen LogP contribution in [0.1, 0.15) is 21.5 Å². The highest BCUT2D eigenvalue weighted by Crippen LogP contribution is 2.21. The third-order valence-corrected chi connectivity index (χ3v) is 3.79. The molecule has 25 heavy (non-hydrogen) atoms. The van der Waals surface area contributed by atoms with Gasteiger partial charge in [-0.25, -0.2) is 4.39 Å². The van der Waals surface area contributed by atoms with Crippen molar-refractivity contribution in [2.24, 2.45) is 0 Å². The Morgan fingerprint density at radius 3 is 2.64 bits per heavy atom. The maximum atomic E-state index is 13.7. The molecule has 0 bridgehead atoms. The number of rotatable bonds is 4. The third kappa shape index (κ3) is 3.84. The smallest absolute Gasteiger partial charge is 0.256 e. The van der Waals surface area contributed by atoms with Crippen molar-refractivity contribution in [3.8, 4) is 6.07 Å². The first kappa shape index (κ1) is 16.7. The van der Waals surface area contributed by atoms with E-state index >= 15 is 0 Å². The molecule has 0 saturated carbocycles. The molecule has 2 aromatic carbocycles. The second-order valence-corrected chi connectivity index (χ2v) is 5.67. The van der Waals surface area contributed by atoms with Crippen LogP contribution in [0.2, 0.25) is 5.02 Å². The van der Waals surface area contributed by atoms with Crippen molar-refractivity contribution in [1.82, 2.24) is 9.78 Å². The molecule has 0 radical (unpaired) electrons. The van der Waals surface area contributed by atoms with E-state index in [0.717, 1.165) is 0 Å². The summed E-state index contributed by atoms with van der Waals surface area (Å²) < 4.78 is 15.2. The molecule has 3 aromatic rings. The van der Waals surface area contributed by atoms with E-state index in [4.69, 9.17) is 16.9 Å². The van der Waals surface area contributed by atoms with Gasteiger partial charge in [0.15, 0.2) is 5.82 Å². The van der Waals surface area contributed by atoms with E-state index in [1.54, 1.807) is 30.3 Å². The predicted octanol–water partition coefficient (Wildman–Crippen LogP) is 3.85. The highest BCUT2D eigenvalue weighted by molar-refractivity contribution is 6.33. The van der Waals surface area contributed by atoms with Gasteiger partial charge in [0.05, 0.1) is 18.2 Å². The van der Waals surface area contributed by atoms with Gasteiger partial charge in [-0.15, -0.1) is 0 Å². The summed E-state index contributed by atoms with van der Waals surface area (Å²) in [6, 6.07) is 14.5. The summed E-state index contributed by atoms with van der Waals surface area (Å²) in [5, 5.41) is 15.8. The van der Waals surface area contributed by atoms with Gasteiger partial charge in [-0.1, -0.05) is 29.8 Å². The standard InChI is InChI=1S/C18H12ClFN4O/c19-15-11-24(10-14-3-1-2-4-16(14)20)23-17(15)22-18(25)13-7-5-12(9-21)6-8-13/h1-8,11H,10H2,(H,22,23,25). The van der Waals surface area contributed by atoms with Crippen LogP contribution in [0.25, 0.3) is 0 Å². The Bertz CT molecular complexity index is 960. The maximum Gasteiger partial charge on any atom is 0.256 e. The van der Waals surface area contributed by atoms with Crippen molar-refractivity contribution < 1.29 is 9.18 Å². The molecule has 1 amide bonds. The van der Waals surface area contributed by atoms with Crippen molar-refractivity contribution in [1.29, 1.82) is 5.26 Å². The SMILES string of the molecule is N#Cc1ccc(C(=O)Nc2nn(Cc3ccccc3F)cc2Cl)cc1. The molecule has 0 unspecified atom stereocenters. The van der Waals surface area contributed by atoms with E-state index in [1.807, 2.05) is 6.07 Å². The lowest BCUT2D eigenvalue weighted by molar-refractivity contribution is 0.102. The molecule has 5 nitrogen and oxygen atoms in total. The average molecular weight is 355 g/mol. The molecule has 0 aliphatic heterocycles. The summed E-state index contributed by atoms with van der Waals surface area (Å²) in [6.45, 7) is 0.194. The van der Waals surface area contributed by atoms with Gasteiger partial charge in [0.2, 0.25) is 0 Å². The average Bonchev–Trinajstić information content (AvgIpc) is 2.96. The van der Waals surface area contributed by atoms with Gasteiger partial charge in [-0.05, 0) is 30.3 Å². The van der Waals surface area contributed by atoms with E-state index in [1.165, 1.54) is 29.1 Å². The second-order valence-electron chi connectivity index (χ2n) is 5.26. The van der Waals surface area contributed by atoms with Crippen molar-refractivity contribution >= 4 is 23.3 Å². The Labute approximate surface area is 148 Å². The molecular weight excluding hydrogens is 343 g/mol. The van der Waals surface area contributed by atoms with Crippen LogP contribution in [-0.2, 0) is 6.54 Å². The van der Waals surface area contributed by atoms with Gasteiger partial charge in [0, 0.05) is 17.3 Å². The minimum atomic E-state index is -0.400. The van der Waals surface area contributed by atoms with Gasteiger partial charge >= 0.3 is 0 Å². The number of anilines is 1. The number of hydrogen-bond acceptors (Lipinski definition) is 3. The van der Waals surface area contributed by atoms with Crippen LogP contribution in [0.3, 0.4) is 0 Å². The molecule has 0 atom stereocenters. The van der Waals surface area contributed by atoms with E-state index < -0.39 is 5.91 Å². The van der Waals surface area contributed by atoms with Gasteiger partial charge < -0.3 is 5.32 Å². The molecule has 1 N–H and O–H groups in total. The number of benzene rings is 2. The number of nitriles is 1. The fourth-order valence-corrected chi connectivity index (χ4v) is 2.44. The summed E-state index contributed by atoms with van der Waals surface area (Å²) >= 11 is 6.10. The first-order valence-corrected chi connectivity index (χ1v) is 7.72. The molecule has 3 rings (SSSR count). The predicted molar refractivity (Wildman–Crippen MR) is 91.8 cm³/mol.